The SMILES string of the molecule is CCOC(=O)C1Cc2nc(NCC[N+](C)(C)CC(=O)N3CCCC3C#N)sc2CN1. The highest BCUT2D eigenvalue weighted by atomic mass is 32.1. The van der Waals surface area contributed by atoms with Gasteiger partial charge in [0.1, 0.15) is 12.1 Å². The van der Waals surface area contributed by atoms with Crippen molar-refractivity contribution in [2.24, 2.45) is 0 Å². The number of fused-ring (bicyclic) bond motifs is 1. The number of rotatable bonds is 8. The van der Waals surface area contributed by atoms with E-state index in [0.29, 0.717) is 43.7 Å². The monoisotopic (exact) mass is 435 g/mol. The molecule has 2 aliphatic rings. The summed E-state index contributed by atoms with van der Waals surface area (Å²) >= 11 is 1.60. The van der Waals surface area contributed by atoms with Crippen LogP contribution in [0.2, 0.25) is 0 Å². The number of nitrogens with zero attached hydrogens (tertiary/aromatic N) is 4. The van der Waals surface area contributed by atoms with Gasteiger partial charge in [0.15, 0.2) is 11.7 Å². The van der Waals surface area contributed by atoms with Crippen LogP contribution >= 0.6 is 11.3 Å². The van der Waals surface area contributed by atoms with Crippen molar-refractivity contribution >= 4 is 28.3 Å². The summed E-state index contributed by atoms with van der Waals surface area (Å²) in [5.74, 6) is -0.184. The van der Waals surface area contributed by atoms with Crippen LogP contribution in [0, 0.1) is 11.3 Å². The number of anilines is 1. The number of thiazole rings is 1. The Kier molecular flexibility index (Phi) is 7.28. The van der Waals surface area contributed by atoms with Gasteiger partial charge in [-0.1, -0.05) is 0 Å². The van der Waals surface area contributed by atoms with E-state index >= 15 is 0 Å². The molecule has 3 rings (SSSR count). The first-order valence-corrected chi connectivity index (χ1v) is 11.3. The number of hydrogen-bond donors (Lipinski definition) is 2. The minimum atomic E-state index is -0.336. The maximum Gasteiger partial charge on any atom is 0.323 e. The van der Waals surface area contributed by atoms with Crippen LogP contribution in [0.15, 0.2) is 0 Å². The van der Waals surface area contributed by atoms with Gasteiger partial charge in [-0.25, -0.2) is 4.98 Å². The van der Waals surface area contributed by atoms with Gasteiger partial charge in [0, 0.05) is 24.4 Å². The first-order chi connectivity index (χ1) is 14.3. The summed E-state index contributed by atoms with van der Waals surface area (Å²) in [6.45, 7) is 5.29. The van der Waals surface area contributed by atoms with E-state index in [2.05, 4.69) is 21.7 Å². The van der Waals surface area contributed by atoms with Crippen molar-refractivity contribution in [2.45, 2.75) is 44.8 Å². The van der Waals surface area contributed by atoms with Crippen molar-refractivity contribution in [3.05, 3.63) is 10.6 Å². The van der Waals surface area contributed by atoms with Crippen LogP contribution in [0.5, 0.6) is 0 Å². The van der Waals surface area contributed by atoms with Gasteiger partial charge in [-0.3, -0.25) is 14.9 Å². The van der Waals surface area contributed by atoms with Crippen LogP contribution in [0.1, 0.15) is 30.3 Å². The van der Waals surface area contributed by atoms with Crippen molar-refractivity contribution in [1.82, 2.24) is 15.2 Å². The quantitative estimate of drug-likeness (QED) is 0.458. The Morgan fingerprint density at radius 2 is 2.27 bits per heavy atom. The molecular formula is C20H31N6O3S+. The number of nitrogens with one attached hydrogen (secondary N) is 2. The molecule has 2 N–H and O–H groups in total. The maximum absolute atomic E-state index is 12.6. The Hall–Kier alpha value is -2.22. The summed E-state index contributed by atoms with van der Waals surface area (Å²) in [7, 11) is 4.05. The molecule has 2 atom stereocenters. The number of carbonyl (C=O) groups excluding carboxylic acids is 2. The average molecular weight is 436 g/mol. The van der Waals surface area contributed by atoms with Gasteiger partial charge in [0.2, 0.25) is 0 Å². The smallest absolute Gasteiger partial charge is 0.323 e. The van der Waals surface area contributed by atoms with Gasteiger partial charge in [-0.15, -0.1) is 11.3 Å². The van der Waals surface area contributed by atoms with E-state index in [-0.39, 0.29) is 24.0 Å². The van der Waals surface area contributed by atoms with Crippen molar-refractivity contribution in [1.29, 1.82) is 5.26 Å². The van der Waals surface area contributed by atoms with Gasteiger partial charge in [0.25, 0.3) is 5.91 Å². The summed E-state index contributed by atoms with van der Waals surface area (Å²) in [4.78, 5) is 32.1. The Balaban J connectivity index is 1.48. The van der Waals surface area contributed by atoms with Crippen molar-refractivity contribution < 1.29 is 18.8 Å². The third-order valence-electron chi connectivity index (χ3n) is 5.53. The zero-order valence-corrected chi connectivity index (χ0v) is 18.8. The molecule has 10 heteroatoms. The van der Waals surface area contributed by atoms with Crippen molar-refractivity contribution in [3.8, 4) is 6.07 Å². The molecule has 2 unspecified atom stereocenters. The van der Waals surface area contributed by atoms with Gasteiger partial charge >= 0.3 is 5.97 Å². The Bertz CT molecular complexity index is 818. The standard InChI is InChI=1S/C20H31N6O3S/c1-4-29-19(28)16-10-15-17(12-23-16)30-20(24-15)22-7-9-26(2,3)13-18(27)25-8-5-6-14(25)11-21/h14,16,23H,4-10,12-13H2,1-3H3,(H,22,24)/q+1. The Labute approximate surface area is 181 Å². The van der Waals surface area contributed by atoms with Gasteiger partial charge in [0.05, 0.1) is 45.6 Å². The molecular weight excluding hydrogens is 404 g/mol. The normalized spacial score (nSPS) is 21.1. The molecule has 0 spiro atoms. The summed E-state index contributed by atoms with van der Waals surface area (Å²) < 4.78 is 5.64. The third-order valence-corrected chi connectivity index (χ3v) is 6.59. The van der Waals surface area contributed by atoms with Crippen LogP contribution < -0.4 is 10.6 Å². The molecule has 1 aromatic rings. The molecule has 0 aliphatic carbocycles. The molecule has 0 radical (unpaired) electrons. The second-order valence-corrected chi connectivity index (χ2v) is 9.48. The minimum Gasteiger partial charge on any atom is -0.465 e. The average Bonchev–Trinajstić information content (AvgIpc) is 3.33. The molecule has 1 fully saturated rings. The first-order valence-electron chi connectivity index (χ1n) is 10.5. The predicted molar refractivity (Wildman–Crippen MR) is 114 cm³/mol. The van der Waals surface area contributed by atoms with Crippen molar-refractivity contribution in [2.75, 3.05) is 52.2 Å². The number of carbonyl (C=O) groups is 2. The number of nitriles is 1. The molecule has 1 amide bonds. The zero-order chi connectivity index (χ0) is 21.7. The van der Waals surface area contributed by atoms with E-state index in [1.54, 1.807) is 23.2 Å². The molecule has 30 heavy (non-hydrogen) atoms. The van der Waals surface area contributed by atoms with Gasteiger partial charge < -0.3 is 19.4 Å². The van der Waals surface area contributed by atoms with Gasteiger partial charge in [-0.2, -0.15) is 5.26 Å². The van der Waals surface area contributed by atoms with E-state index < -0.39 is 0 Å². The van der Waals surface area contributed by atoms with E-state index in [9.17, 15) is 14.9 Å². The number of hydrogen-bond acceptors (Lipinski definition) is 8. The number of likely N-dealkylation sites (N-methyl/N-ethyl adjacent to an activating group) is 1. The van der Waals surface area contributed by atoms with E-state index in [4.69, 9.17) is 4.74 Å². The summed E-state index contributed by atoms with van der Waals surface area (Å²) in [5.41, 5.74) is 0.944. The predicted octanol–water partition coefficient (Wildman–Crippen LogP) is 0.723. The Morgan fingerprint density at radius 1 is 1.47 bits per heavy atom. The van der Waals surface area contributed by atoms with Gasteiger partial charge in [-0.05, 0) is 19.8 Å². The topological polar surface area (TPSA) is 107 Å². The van der Waals surface area contributed by atoms with E-state index in [0.717, 1.165) is 35.1 Å². The lowest BCUT2D eigenvalue weighted by Gasteiger charge is -2.31. The maximum atomic E-state index is 12.6. The highest BCUT2D eigenvalue weighted by molar-refractivity contribution is 7.15. The van der Waals surface area contributed by atoms with Crippen LogP contribution in [0.3, 0.4) is 0 Å². The lowest BCUT2D eigenvalue weighted by Crippen LogP contribution is -2.51. The molecule has 9 nitrogen and oxygen atoms in total. The lowest BCUT2D eigenvalue weighted by molar-refractivity contribution is -0.881. The van der Waals surface area contributed by atoms with Crippen LogP contribution in [0.25, 0.3) is 0 Å². The number of likely N-dealkylation sites (tertiary alicyclic amines) is 1. The number of aromatic nitrogens is 1. The molecule has 0 bridgehead atoms. The van der Waals surface area contributed by atoms with Crippen molar-refractivity contribution in [3.63, 3.8) is 0 Å². The number of esters is 1. The summed E-state index contributed by atoms with van der Waals surface area (Å²) in [6.07, 6.45) is 2.22. The highest BCUT2D eigenvalue weighted by Crippen LogP contribution is 2.27. The minimum absolute atomic E-state index is 0.0462. The van der Waals surface area contributed by atoms with E-state index in [1.807, 2.05) is 14.1 Å². The zero-order valence-electron chi connectivity index (χ0n) is 17.9. The largest absolute Gasteiger partial charge is 0.465 e. The molecule has 0 aromatic carbocycles. The molecule has 2 aliphatic heterocycles. The number of ether oxygens (including phenoxy) is 1. The van der Waals surface area contributed by atoms with Crippen LogP contribution in [0.4, 0.5) is 5.13 Å². The second-order valence-electron chi connectivity index (χ2n) is 8.40. The first kappa shape index (κ1) is 22.5. The fourth-order valence-corrected chi connectivity index (χ4v) is 4.81. The summed E-state index contributed by atoms with van der Waals surface area (Å²) in [6, 6.07) is 1.62. The highest BCUT2D eigenvalue weighted by Gasteiger charge is 2.32. The Morgan fingerprint density at radius 3 is 3.00 bits per heavy atom. The molecule has 164 valence electrons. The van der Waals surface area contributed by atoms with E-state index in [1.165, 1.54) is 0 Å². The van der Waals surface area contributed by atoms with Crippen LogP contribution in [-0.4, -0.2) is 85.2 Å². The third kappa shape index (κ3) is 5.47. The molecule has 1 aromatic heterocycles. The molecule has 0 saturated carbocycles. The number of amides is 1. The van der Waals surface area contributed by atoms with Crippen LogP contribution in [-0.2, 0) is 27.3 Å². The fraction of sp³-hybridized carbons (Fsp3) is 0.700. The fourth-order valence-electron chi connectivity index (χ4n) is 3.85. The second kappa shape index (κ2) is 9.73. The molecule has 1 saturated heterocycles. The molecule has 3 heterocycles. The lowest BCUT2D eigenvalue weighted by atomic mass is 10.1. The number of quaternary nitrogens is 1. The summed E-state index contributed by atoms with van der Waals surface area (Å²) in [5, 5.41) is 16.6.